The van der Waals surface area contributed by atoms with Crippen LogP contribution in [0.1, 0.15) is 11.1 Å². The number of aromatic nitrogens is 2. The van der Waals surface area contributed by atoms with Crippen molar-refractivity contribution in [1.82, 2.24) is 9.97 Å². The topological polar surface area (TPSA) is 29.0 Å². The lowest BCUT2D eigenvalue weighted by molar-refractivity contribution is 1.10. The van der Waals surface area contributed by atoms with Gasteiger partial charge in [0.15, 0.2) is 0 Å². The van der Waals surface area contributed by atoms with Crippen molar-refractivity contribution < 1.29 is 0 Å². The zero-order valence-corrected chi connectivity index (χ0v) is 13.0. The second-order valence-corrected chi connectivity index (χ2v) is 5.52. The molecule has 3 aromatic rings. The van der Waals surface area contributed by atoms with E-state index in [0.717, 1.165) is 22.4 Å². The van der Waals surface area contributed by atoms with Gasteiger partial charge in [-0.05, 0) is 49.2 Å². The molecule has 0 amide bonds. The van der Waals surface area contributed by atoms with E-state index in [-0.39, 0.29) is 5.28 Å². The second-order valence-electron chi connectivity index (χ2n) is 5.18. The molecule has 0 saturated heterocycles. The number of halogens is 1. The number of aryl methyl sites for hydroxylation is 2. The molecule has 0 aliphatic rings. The first-order valence-electron chi connectivity index (χ1n) is 6.79. The van der Waals surface area contributed by atoms with Crippen molar-refractivity contribution in [2.75, 3.05) is 11.9 Å². The monoisotopic (exact) mass is 297 g/mol. The fourth-order valence-electron chi connectivity index (χ4n) is 2.58. The first-order valence-corrected chi connectivity index (χ1v) is 7.17. The number of anilines is 2. The second kappa shape index (κ2) is 5.34. The first-order chi connectivity index (χ1) is 10.1. The molecule has 0 spiro atoms. The summed E-state index contributed by atoms with van der Waals surface area (Å²) in [6.45, 7) is 4.19. The van der Waals surface area contributed by atoms with E-state index in [1.54, 1.807) is 0 Å². The fourth-order valence-corrected chi connectivity index (χ4v) is 2.75. The van der Waals surface area contributed by atoms with Crippen molar-refractivity contribution in [3.63, 3.8) is 0 Å². The molecular formula is C17H16ClN3. The van der Waals surface area contributed by atoms with E-state index < -0.39 is 0 Å². The molecule has 3 rings (SSSR count). The highest BCUT2D eigenvalue weighted by Gasteiger charge is 2.13. The van der Waals surface area contributed by atoms with Gasteiger partial charge in [0.1, 0.15) is 5.82 Å². The number of benzene rings is 2. The molecule has 0 N–H and O–H groups in total. The highest BCUT2D eigenvalue weighted by molar-refractivity contribution is 6.28. The first kappa shape index (κ1) is 13.8. The van der Waals surface area contributed by atoms with Crippen LogP contribution in [-0.4, -0.2) is 17.0 Å². The number of hydrogen-bond acceptors (Lipinski definition) is 3. The van der Waals surface area contributed by atoms with Gasteiger partial charge in [-0.25, -0.2) is 4.98 Å². The summed E-state index contributed by atoms with van der Waals surface area (Å²) in [6.07, 6.45) is 0. The van der Waals surface area contributed by atoms with Crippen molar-refractivity contribution in [2.24, 2.45) is 0 Å². The number of rotatable bonds is 2. The largest absolute Gasteiger partial charge is 0.329 e. The molecule has 21 heavy (non-hydrogen) atoms. The normalized spacial score (nSPS) is 10.9. The zero-order chi connectivity index (χ0) is 15.0. The number of hydrogen-bond donors (Lipinski definition) is 0. The van der Waals surface area contributed by atoms with Gasteiger partial charge >= 0.3 is 0 Å². The third kappa shape index (κ3) is 2.57. The van der Waals surface area contributed by atoms with Crippen LogP contribution in [-0.2, 0) is 0 Å². The van der Waals surface area contributed by atoms with Gasteiger partial charge in [0, 0.05) is 18.1 Å². The molecule has 0 fully saturated rings. The maximum Gasteiger partial charge on any atom is 0.224 e. The van der Waals surface area contributed by atoms with Crippen LogP contribution in [0.4, 0.5) is 11.5 Å². The van der Waals surface area contributed by atoms with Crippen molar-refractivity contribution in [3.05, 3.63) is 58.9 Å². The van der Waals surface area contributed by atoms with Crippen molar-refractivity contribution in [3.8, 4) is 0 Å². The molecule has 1 aromatic heterocycles. The molecule has 0 saturated carbocycles. The minimum atomic E-state index is 0.264. The van der Waals surface area contributed by atoms with E-state index in [1.807, 2.05) is 31.3 Å². The van der Waals surface area contributed by atoms with Crippen LogP contribution in [0.2, 0.25) is 5.28 Å². The lowest BCUT2D eigenvalue weighted by Gasteiger charge is -2.22. The minimum Gasteiger partial charge on any atom is -0.329 e. The summed E-state index contributed by atoms with van der Waals surface area (Å²) in [6, 6.07) is 14.3. The Balaban J connectivity index is 2.19. The Bertz CT molecular complexity index is 814. The van der Waals surface area contributed by atoms with Gasteiger partial charge < -0.3 is 4.90 Å². The van der Waals surface area contributed by atoms with Crippen molar-refractivity contribution in [1.29, 1.82) is 0 Å². The van der Waals surface area contributed by atoms with E-state index in [2.05, 4.69) is 46.9 Å². The highest BCUT2D eigenvalue weighted by Crippen LogP contribution is 2.31. The van der Waals surface area contributed by atoms with Crippen molar-refractivity contribution in [2.45, 2.75) is 13.8 Å². The van der Waals surface area contributed by atoms with Gasteiger partial charge in [-0.2, -0.15) is 4.98 Å². The summed E-state index contributed by atoms with van der Waals surface area (Å²) in [7, 11) is 2.00. The third-order valence-electron chi connectivity index (χ3n) is 3.59. The Morgan fingerprint density at radius 2 is 1.76 bits per heavy atom. The fraction of sp³-hybridized carbons (Fsp3) is 0.176. The molecule has 0 aliphatic carbocycles. The van der Waals surface area contributed by atoms with Crippen LogP contribution >= 0.6 is 11.6 Å². The van der Waals surface area contributed by atoms with E-state index in [1.165, 1.54) is 11.1 Å². The summed E-state index contributed by atoms with van der Waals surface area (Å²) >= 11 is 6.07. The quantitative estimate of drug-likeness (QED) is 0.644. The molecule has 4 heteroatoms. The van der Waals surface area contributed by atoms with Crippen LogP contribution in [0.15, 0.2) is 42.5 Å². The van der Waals surface area contributed by atoms with Gasteiger partial charge in [0.2, 0.25) is 5.28 Å². The summed E-state index contributed by atoms with van der Waals surface area (Å²) in [5.74, 6) is 0.817. The molecule has 0 atom stereocenters. The van der Waals surface area contributed by atoms with Crippen LogP contribution in [0.25, 0.3) is 10.9 Å². The average molecular weight is 298 g/mol. The van der Waals surface area contributed by atoms with Crippen LogP contribution < -0.4 is 4.90 Å². The third-order valence-corrected chi connectivity index (χ3v) is 3.76. The van der Waals surface area contributed by atoms with Crippen molar-refractivity contribution >= 4 is 34.0 Å². The molecule has 0 unspecified atom stereocenters. The lowest BCUT2D eigenvalue weighted by atomic mass is 10.1. The maximum atomic E-state index is 6.07. The summed E-state index contributed by atoms with van der Waals surface area (Å²) in [5, 5.41) is 1.25. The molecule has 0 radical (unpaired) electrons. The van der Waals surface area contributed by atoms with Gasteiger partial charge in [0.05, 0.1) is 5.52 Å². The molecular weight excluding hydrogens is 282 g/mol. The molecule has 106 valence electrons. The van der Waals surface area contributed by atoms with E-state index in [4.69, 9.17) is 11.6 Å². The SMILES string of the molecule is Cc1ccc(N(C)c2nc(Cl)nc3ccccc23)c(C)c1. The van der Waals surface area contributed by atoms with Gasteiger partial charge in [0.25, 0.3) is 0 Å². The lowest BCUT2D eigenvalue weighted by Crippen LogP contribution is -2.13. The summed E-state index contributed by atoms with van der Waals surface area (Å²) < 4.78 is 0. The predicted molar refractivity (Wildman–Crippen MR) is 88.5 cm³/mol. The van der Waals surface area contributed by atoms with E-state index in [0.29, 0.717) is 0 Å². The van der Waals surface area contributed by atoms with Gasteiger partial charge in [-0.15, -0.1) is 0 Å². The van der Waals surface area contributed by atoms with Gasteiger partial charge in [-0.1, -0.05) is 29.8 Å². The van der Waals surface area contributed by atoms with Gasteiger partial charge in [-0.3, -0.25) is 0 Å². The zero-order valence-electron chi connectivity index (χ0n) is 12.3. The Morgan fingerprint density at radius 1 is 1.00 bits per heavy atom. The standard InChI is InChI=1S/C17H16ClN3/c1-11-8-9-15(12(2)10-11)21(3)16-13-6-4-5-7-14(13)19-17(18)20-16/h4-10H,1-3H3. The number of fused-ring (bicyclic) bond motifs is 1. The smallest absolute Gasteiger partial charge is 0.224 e. The van der Waals surface area contributed by atoms with Crippen LogP contribution in [0.3, 0.4) is 0 Å². The molecule has 0 bridgehead atoms. The molecule has 0 aliphatic heterocycles. The predicted octanol–water partition coefficient (Wildman–Crippen LogP) is 4.67. The molecule has 3 nitrogen and oxygen atoms in total. The molecule has 1 heterocycles. The summed E-state index contributed by atoms with van der Waals surface area (Å²) in [5.41, 5.74) is 4.41. The van der Waals surface area contributed by atoms with Crippen LogP contribution in [0, 0.1) is 13.8 Å². The van der Waals surface area contributed by atoms with E-state index in [9.17, 15) is 0 Å². The highest BCUT2D eigenvalue weighted by atomic mass is 35.5. The Hall–Kier alpha value is -2.13. The Labute approximate surface area is 129 Å². The number of nitrogens with zero attached hydrogens (tertiary/aromatic N) is 3. The Kier molecular flexibility index (Phi) is 3.52. The maximum absolute atomic E-state index is 6.07. The Morgan fingerprint density at radius 3 is 2.52 bits per heavy atom. The average Bonchev–Trinajstić information content (AvgIpc) is 2.45. The molecule has 2 aromatic carbocycles. The minimum absolute atomic E-state index is 0.264. The van der Waals surface area contributed by atoms with Crippen LogP contribution in [0.5, 0.6) is 0 Å². The number of para-hydroxylation sites is 1. The van der Waals surface area contributed by atoms with E-state index >= 15 is 0 Å². The summed E-state index contributed by atoms with van der Waals surface area (Å²) in [4.78, 5) is 10.8.